The third-order valence-corrected chi connectivity index (χ3v) is 2.15. The molecule has 4 heteroatoms. The number of aliphatic hydroxyl groups excluding tert-OH is 1. The molecule has 3 N–H and O–H groups in total. The summed E-state index contributed by atoms with van der Waals surface area (Å²) in [5.74, 6) is 0. The average Bonchev–Trinajstić information content (AvgIpc) is 2.03. The molecule has 1 aromatic carbocycles. The summed E-state index contributed by atoms with van der Waals surface area (Å²) in [5.41, 5.74) is 6.03. The molecule has 0 heterocycles. The molecule has 1 rings (SSSR count). The summed E-state index contributed by atoms with van der Waals surface area (Å²) in [7, 11) is 0. The van der Waals surface area contributed by atoms with E-state index in [1.165, 1.54) is 0 Å². The average molecular weight is 220 g/mol. The van der Waals surface area contributed by atoms with Crippen molar-refractivity contribution in [1.82, 2.24) is 0 Å². The number of halogens is 2. The molecule has 0 aliphatic heterocycles. The second-order valence-electron chi connectivity index (χ2n) is 2.80. The van der Waals surface area contributed by atoms with Gasteiger partial charge in [-0.25, -0.2) is 0 Å². The number of nitrogens with two attached hydrogens (primary N) is 1. The zero-order valence-electron chi connectivity index (χ0n) is 7.00. The summed E-state index contributed by atoms with van der Waals surface area (Å²) in [6, 6.07) is 5.00. The van der Waals surface area contributed by atoms with Gasteiger partial charge in [-0.15, -0.1) is 0 Å². The number of rotatable bonds is 3. The quantitative estimate of drug-likeness (QED) is 0.821. The Morgan fingerprint density at radius 1 is 1.23 bits per heavy atom. The van der Waals surface area contributed by atoms with E-state index >= 15 is 0 Å². The van der Waals surface area contributed by atoms with Crippen LogP contribution in [0.5, 0.6) is 0 Å². The highest BCUT2D eigenvalue weighted by molar-refractivity contribution is 6.34. The molecule has 0 aromatic heterocycles. The van der Waals surface area contributed by atoms with Gasteiger partial charge in [-0.2, -0.15) is 0 Å². The topological polar surface area (TPSA) is 46.2 Å². The van der Waals surface area contributed by atoms with Crippen molar-refractivity contribution in [3.63, 3.8) is 0 Å². The summed E-state index contributed by atoms with van der Waals surface area (Å²) in [5, 5.41) is 10.6. The van der Waals surface area contributed by atoms with Gasteiger partial charge in [-0.3, -0.25) is 0 Å². The summed E-state index contributed by atoms with van der Waals surface area (Å²) in [6.45, 7) is 0.436. The first-order chi connectivity index (χ1) is 6.13. The molecule has 1 aromatic rings. The zero-order chi connectivity index (χ0) is 9.84. The van der Waals surface area contributed by atoms with Gasteiger partial charge in [0.2, 0.25) is 0 Å². The Labute approximate surface area is 87.3 Å². The van der Waals surface area contributed by atoms with Crippen LogP contribution in [0.15, 0.2) is 18.2 Å². The minimum atomic E-state index is -0.582. The minimum Gasteiger partial charge on any atom is -0.388 e. The van der Waals surface area contributed by atoms with Gasteiger partial charge >= 0.3 is 0 Å². The van der Waals surface area contributed by atoms with E-state index in [1.807, 2.05) is 0 Å². The van der Waals surface area contributed by atoms with Crippen molar-refractivity contribution in [2.75, 3.05) is 6.54 Å². The van der Waals surface area contributed by atoms with E-state index < -0.39 is 6.10 Å². The smallest absolute Gasteiger partial charge is 0.0803 e. The fourth-order valence-electron chi connectivity index (χ4n) is 1.09. The van der Waals surface area contributed by atoms with Crippen LogP contribution in [-0.4, -0.2) is 11.7 Å². The zero-order valence-corrected chi connectivity index (χ0v) is 8.52. The molecule has 0 fully saturated rings. The summed E-state index contributed by atoms with van der Waals surface area (Å²) < 4.78 is 0. The van der Waals surface area contributed by atoms with Crippen LogP contribution in [-0.2, 0) is 0 Å². The third-order valence-electron chi connectivity index (χ3n) is 1.71. The Morgan fingerprint density at radius 3 is 2.23 bits per heavy atom. The van der Waals surface area contributed by atoms with Gasteiger partial charge in [0.25, 0.3) is 0 Å². The van der Waals surface area contributed by atoms with E-state index in [1.54, 1.807) is 18.2 Å². The van der Waals surface area contributed by atoms with Gasteiger partial charge < -0.3 is 10.8 Å². The van der Waals surface area contributed by atoms with Crippen molar-refractivity contribution in [2.45, 2.75) is 12.5 Å². The van der Waals surface area contributed by atoms with Crippen LogP contribution in [0, 0.1) is 0 Å². The Balaban J connectivity index is 2.87. The fraction of sp³-hybridized carbons (Fsp3) is 0.333. The monoisotopic (exact) mass is 219 g/mol. The van der Waals surface area contributed by atoms with E-state index in [2.05, 4.69) is 0 Å². The Kier molecular flexibility index (Phi) is 4.00. The molecule has 0 aliphatic carbocycles. The predicted molar refractivity (Wildman–Crippen MR) is 55.1 cm³/mol. The molecule has 2 nitrogen and oxygen atoms in total. The summed E-state index contributed by atoms with van der Waals surface area (Å²) in [4.78, 5) is 0. The maximum Gasteiger partial charge on any atom is 0.0803 e. The van der Waals surface area contributed by atoms with Crippen LogP contribution in [0.4, 0.5) is 0 Å². The molecule has 0 saturated heterocycles. The van der Waals surface area contributed by atoms with Gasteiger partial charge in [-0.1, -0.05) is 23.2 Å². The van der Waals surface area contributed by atoms with Gasteiger partial charge in [0, 0.05) is 10.0 Å². The van der Waals surface area contributed by atoms with Crippen LogP contribution < -0.4 is 5.73 Å². The first kappa shape index (κ1) is 10.8. The number of benzene rings is 1. The lowest BCUT2D eigenvalue weighted by Gasteiger charge is -2.10. The highest BCUT2D eigenvalue weighted by Gasteiger charge is 2.07. The number of hydrogen-bond donors (Lipinski definition) is 2. The Hall–Kier alpha value is -0.280. The van der Waals surface area contributed by atoms with Crippen LogP contribution in [0.3, 0.4) is 0 Å². The van der Waals surface area contributed by atoms with Crippen LogP contribution in [0.1, 0.15) is 18.1 Å². The van der Waals surface area contributed by atoms with E-state index in [0.717, 1.165) is 0 Å². The molecule has 72 valence electrons. The molecule has 0 radical (unpaired) electrons. The molecule has 0 bridgehead atoms. The highest BCUT2D eigenvalue weighted by Crippen LogP contribution is 2.24. The molecule has 0 unspecified atom stereocenters. The highest BCUT2D eigenvalue weighted by atomic mass is 35.5. The van der Waals surface area contributed by atoms with E-state index in [9.17, 15) is 5.11 Å². The van der Waals surface area contributed by atoms with E-state index in [-0.39, 0.29) is 0 Å². The first-order valence-electron chi connectivity index (χ1n) is 3.97. The third kappa shape index (κ3) is 3.16. The number of hydrogen-bond acceptors (Lipinski definition) is 2. The summed E-state index contributed by atoms with van der Waals surface area (Å²) >= 11 is 11.5. The molecule has 0 amide bonds. The normalized spacial score (nSPS) is 12.9. The Morgan fingerprint density at radius 2 is 1.77 bits per heavy atom. The first-order valence-corrected chi connectivity index (χ1v) is 4.73. The molecular formula is C9H11Cl2NO. The Bertz CT molecular complexity index is 271. The van der Waals surface area contributed by atoms with Crippen molar-refractivity contribution in [1.29, 1.82) is 0 Å². The molecule has 0 aliphatic rings. The second-order valence-corrected chi connectivity index (χ2v) is 3.67. The van der Waals surface area contributed by atoms with Crippen LogP contribution in [0.25, 0.3) is 0 Å². The largest absolute Gasteiger partial charge is 0.388 e. The van der Waals surface area contributed by atoms with Crippen molar-refractivity contribution < 1.29 is 5.11 Å². The lowest BCUT2D eigenvalue weighted by atomic mass is 10.1. The molecule has 1 atom stereocenters. The van der Waals surface area contributed by atoms with Crippen molar-refractivity contribution >= 4 is 23.2 Å². The van der Waals surface area contributed by atoms with Crippen molar-refractivity contribution in [3.8, 4) is 0 Å². The van der Waals surface area contributed by atoms with Gasteiger partial charge in [-0.05, 0) is 36.7 Å². The summed E-state index contributed by atoms with van der Waals surface area (Å²) in [6.07, 6.45) is -0.0716. The molecule has 0 spiro atoms. The fourth-order valence-corrected chi connectivity index (χ4v) is 1.64. The van der Waals surface area contributed by atoms with E-state index in [0.29, 0.717) is 28.6 Å². The standard InChI is InChI=1S/C9H11Cl2NO/c10-7-3-6(4-8(11)5-7)9(13)1-2-12/h3-5,9,13H,1-2,12H2/t9-/m1/s1. The van der Waals surface area contributed by atoms with E-state index in [4.69, 9.17) is 28.9 Å². The van der Waals surface area contributed by atoms with Crippen LogP contribution >= 0.6 is 23.2 Å². The van der Waals surface area contributed by atoms with Gasteiger partial charge in [0.1, 0.15) is 0 Å². The molecule has 13 heavy (non-hydrogen) atoms. The predicted octanol–water partition coefficient (Wildman–Crippen LogP) is 2.38. The lowest BCUT2D eigenvalue weighted by molar-refractivity contribution is 0.170. The molecular weight excluding hydrogens is 209 g/mol. The lowest BCUT2D eigenvalue weighted by Crippen LogP contribution is -2.06. The van der Waals surface area contributed by atoms with Gasteiger partial charge in [0.15, 0.2) is 0 Å². The molecule has 0 saturated carbocycles. The SMILES string of the molecule is NCC[C@@H](O)c1cc(Cl)cc(Cl)c1. The number of aliphatic hydroxyl groups is 1. The van der Waals surface area contributed by atoms with Crippen molar-refractivity contribution in [3.05, 3.63) is 33.8 Å². The van der Waals surface area contributed by atoms with Crippen molar-refractivity contribution in [2.24, 2.45) is 5.73 Å². The minimum absolute atomic E-state index is 0.436. The van der Waals surface area contributed by atoms with Gasteiger partial charge in [0.05, 0.1) is 6.10 Å². The maximum atomic E-state index is 9.57. The maximum absolute atomic E-state index is 9.57. The van der Waals surface area contributed by atoms with Crippen LogP contribution in [0.2, 0.25) is 10.0 Å². The second kappa shape index (κ2) is 4.82.